The van der Waals surface area contributed by atoms with Crippen LogP contribution in [0.15, 0.2) is 60.7 Å². The summed E-state index contributed by atoms with van der Waals surface area (Å²) in [5.41, 5.74) is 5.95. The topological polar surface area (TPSA) is 45.6 Å². The van der Waals surface area contributed by atoms with Gasteiger partial charge in [0.05, 0.1) is 11.3 Å². The summed E-state index contributed by atoms with van der Waals surface area (Å²) in [7, 11) is 0. The molecule has 4 rings (SSSR count). The number of rotatable bonds is 3. The Bertz CT molecular complexity index is 1060. The van der Waals surface area contributed by atoms with E-state index in [9.17, 15) is 9.59 Å². The van der Waals surface area contributed by atoms with Crippen LogP contribution < -0.4 is 0 Å². The van der Waals surface area contributed by atoms with Crippen molar-refractivity contribution in [3.05, 3.63) is 77.5 Å². The molecule has 1 aliphatic heterocycles. The monoisotopic (exact) mass is 401 g/mol. The number of piperazine rings is 1. The summed E-state index contributed by atoms with van der Waals surface area (Å²) in [6.45, 7) is 7.96. The Labute approximate surface area is 177 Å². The molecule has 0 aliphatic carbocycles. The van der Waals surface area contributed by atoms with Crippen molar-refractivity contribution in [1.29, 1.82) is 0 Å². The maximum Gasteiger partial charge on any atom is 0.255 e. The zero-order valence-electron chi connectivity index (χ0n) is 17.8. The third-order valence-electron chi connectivity index (χ3n) is 5.85. The second kappa shape index (κ2) is 8.19. The zero-order chi connectivity index (χ0) is 21.3. The van der Waals surface area contributed by atoms with Gasteiger partial charge >= 0.3 is 0 Å². The maximum absolute atomic E-state index is 13.4. The van der Waals surface area contributed by atoms with E-state index in [1.54, 1.807) is 11.8 Å². The molecular weight excluding hydrogens is 374 g/mol. The van der Waals surface area contributed by atoms with E-state index in [4.69, 9.17) is 0 Å². The number of aromatic nitrogens is 1. The van der Waals surface area contributed by atoms with Crippen LogP contribution in [0.3, 0.4) is 0 Å². The normalized spacial score (nSPS) is 14.1. The average Bonchev–Trinajstić information content (AvgIpc) is 3.11. The quantitative estimate of drug-likeness (QED) is 0.664. The predicted molar refractivity (Wildman–Crippen MR) is 119 cm³/mol. The van der Waals surface area contributed by atoms with E-state index in [2.05, 4.69) is 47.9 Å². The van der Waals surface area contributed by atoms with Crippen molar-refractivity contribution < 1.29 is 9.59 Å². The molecule has 1 saturated heterocycles. The number of hydrogen-bond donors (Lipinski definition) is 0. The minimum Gasteiger partial charge on any atom is -0.339 e. The van der Waals surface area contributed by atoms with Gasteiger partial charge in [-0.3, -0.25) is 9.59 Å². The first-order valence-electron chi connectivity index (χ1n) is 10.4. The van der Waals surface area contributed by atoms with Gasteiger partial charge in [-0.05, 0) is 37.6 Å². The fourth-order valence-electron chi connectivity index (χ4n) is 4.07. The van der Waals surface area contributed by atoms with Gasteiger partial charge in [0.25, 0.3) is 5.91 Å². The second-order valence-electron chi connectivity index (χ2n) is 7.86. The van der Waals surface area contributed by atoms with Crippen LogP contribution in [-0.4, -0.2) is 52.4 Å². The molecule has 0 unspecified atom stereocenters. The van der Waals surface area contributed by atoms with Crippen LogP contribution in [0.1, 0.15) is 28.5 Å². The molecule has 2 aromatic carbocycles. The van der Waals surface area contributed by atoms with E-state index in [0.29, 0.717) is 31.7 Å². The fraction of sp³-hybridized carbons (Fsp3) is 0.280. The molecule has 2 amide bonds. The molecule has 30 heavy (non-hydrogen) atoms. The summed E-state index contributed by atoms with van der Waals surface area (Å²) in [6.07, 6.45) is 0. The first kappa shape index (κ1) is 20.0. The van der Waals surface area contributed by atoms with Gasteiger partial charge in [-0.2, -0.15) is 0 Å². The van der Waals surface area contributed by atoms with Gasteiger partial charge in [-0.25, -0.2) is 0 Å². The van der Waals surface area contributed by atoms with Crippen LogP contribution in [0.5, 0.6) is 0 Å². The lowest BCUT2D eigenvalue weighted by Gasteiger charge is -2.34. The van der Waals surface area contributed by atoms with Crippen LogP contribution in [0.2, 0.25) is 0 Å². The van der Waals surface area contributed by atoms with Gasteiger partial charge in [0, 0.05) is 44.5 Å². The van der Waals surface area contributed by atoms with Gasteiger partial charge in [0.2, 0.25) is 5.91 Å². The molecule has 154 valence electrons. The van der Waals surface area contributed by atoms with E-state index >= 15 is 0 Å². The molecular formula is C25H27N3O2. The van der Waals surface area contributed by atoms with E-state index in [0.717, 1.165) is 22.6 Å². The van der Waals surface area contributed by atoms with Gasteiger partial charge in [-0.15, -0.1) is 0 Å². The highest BCUT2D eigenvalue weighted by Crippen LogP contribution is 2.30. The molecule has 0 atom stereocenters. The van der Waals surface area contributed by atoms with Crippen LogP contribution >= 0.6 is 0 Å². The highest BCUT2D eigenvalue weighted by Gasteiger charge is 2.27. The number of aryl methyl sites for hydroxylation is 1. The van der Waals surface area contributed by atoms with Crippen molar-refractivity contribution in [2.45, 2.75) is 20.8 Å². The predicted octanol–water partition coefficient (Wildman–Crippen LogP) is 4.07. The largest absolute Gasteiger partial charge is 0.339 e. The summed E-state index contributed by atoms with van der Waals surface area (Å²) in [6, 6.07) is 20.5. The molecule has 5 nitrogen and oxygen atoms in total. The smallest absolute Gasteiger partial charge is 0.255 e. The average molecular weight is 402 g/mol. The SMILES string of the molecule is CC(=O)N1CCN(C(=O)c2cc(-c3ccccc3)n(-c3ccc(C)cc3)c2C)CC1. The van der Waals surface area contributed by atoms with Gasteiger partial charge in [0.1, 0.15) is 0 Å². The minimum absolute atomic E-state index is 0.0266. The molecule has 0 spiro atoms. The van der Waals surface area contributed by atoms with Crippen molar-refractivity contribution >= 4 is 11.8 Å². The van der Waals surface area contributed by atoms with Crippen molar-refractivity contribution in [1.82, 2.24) is 14.4 Å². The van der Waals surface area contributed by atoms with Crippen LogP contribution in [-0.2, 0) is 4.79 Å². The maximum atomic E-state index is 13.4. The third-order valence-corrected chi connectivity index (χ3v) is 5.85. The van der Waals surface area contributed by atoms with Crippen molar-refractivity contribution in [2.24, 2.45) is 0 Å². The molecule has 2 heterocycles. The fourth-order valence-corrected chi connectivity index (χ4v) is 4.07. The Morgan fingerprint density at radius 2 is 1.40 bits per heavy atom. The third kappa shape index (κ3) is 3.75. The number of amides is 2. The number of benzene rings is 2. The van der Waals surface area contributed by atoms with E-state index < -0.39 is 0 Å². The molecule has 1 aliphatic rings. The lowest BCUT2D eigenvalue weighted by Crippen LogP contribution is -2.50. The van der Waals surface area contributed by atoms with Crippen molar-refractivity contribution in [3.63, 3.8) is 0 Å². The number of carbonyl (C=O) groups excluding carboxylic acids is 2. The Hall–Kier alpha value is -3.34. The number of carbonyl (C=O) groups is 2. The highest BCUT2D eigenvalue weighted by atomic mass is 16.2. The number of hydrogen-bond acceptors (Lipinski definition) is 2. The van der Waals surface area contributed by atoms with Crippen molar-refractivity contribution in [3.8, 4) is 16.9 Å². The van der Waals surface area contributed by atoms with Crippen LogP contribution in [0.25, 0.3) is 16.9 Å². The first-order chi connectivity index (χ1) is 14.5. The van der Waals surface area contributed by atoms with Crippen LogP contribution in [0.4, 0.5) is 0 Å². The molecule has 3 aromatic rings. The van der Waals surface area contributed by atoms with Crippen LogP contribution in [0, 0.1) is 13.8 Å². The molecule has 0 radical (unpaired) electrons. The van der Waals surface area contributed by atoms with Gasteiger partial charge in [0.15, 0.2) is 0 Å². The first-order valence-corrected chi connectivity index (χ1v) is 10.4. The summed E-state index contributed by atoms with van der Waals surface area (Å²) >= 11 is 0. The second-order valence-corrected chi connectivity index (χ2v) is 7.86. The van der Waals surface area contributed by atoms with Gasteiger partial charge < -0.3 is 14.4 Å². The Morgan fingerprint density at radius 3 is 2.00 bits per heavy atom. The standard InChI is InChI=1S/C25H27N3O2/c1-18-9-11-22(12-10-18)28-19(2)23(17-24(28)21-7-5-4-6-8-21)25(30)27-15-13-26(14-16-27)20(3)29/h4-12,17H,13-16H2,1-3H3. The van der Waals surface area contributed by atoms with E-state index in [1.165, 1.54) is 5.56 Å². The minimum atomic E-state index is 0.0266. The zero-order valence-corrected chi connectivity index (χ0v) is 17.8. The Kier molecular flexibility index (Phi) is 5.44. The van der Waals surface area contributed by atoms with Gasteiger partial charge in [-0.1, -0.05) is 48.0 Å². The Morgan fingerprint density at radius 1 is 0.800 bits per heavy atom. The molecule has 0 N–H and O–H groups in total. The summed E-state index contributed by atoms with van der Waals surface area (Å²) in [4.78, 5) is 28.6. The van der Waals surface area contributed by atoms with E-state index in [1.807, 2.05) is 36.1 Å². The van der Waals surface area contributed by atoms with Crippen molar-refractivity contribution in [2.75, 3.05) is 26.2 Å². The molecule has 5 heteroatoms. The summed E-state index contributed by atoms with van der Waals surface area (Å²) in [5.74, 6) is 0.0916. The molecule has 0 saturated carbocycles. The van der Waals surface area contributed by atoms with E-state index in [-0.39, 0.29) is 11.8 Å². The highest BCUT2D eigenvalue weighted by molar-refractivity contribution is 5.97. The molecule has 0 bridgehead atoms. The lowest BCUT2D eigenvalue weighted by atomic mass is 10.1. The number of nitrogens with zero attached hydrogens (tertiary/aromatic N) is 3. The summed E-state index contributed by atoms with van der Waals surface area (Å²) < 4.78 is 2.16. The lowest BCUT2D eigenvalue weighted by molar-refractivity contribution is -0.130. The Balaban J connectivity index is 1.73. The summed E-state index contributed by atoms with van der Waals surface area (Å²) in [5, 5.41) is 0. The molecule has 1 fully saturated rings. The molecule has 1 aromatic heterocycles.